The molecule has 0 N–H and O–H groups in total. The smallest absolute Gasteiger partial charge is 0.289 e. The van der Waals surface area contributed by atoms with Gasteiger partial charge >= 0.3 is 0 Å². The van der Waals surface area contributed by atoms with Gasteiger partial charge in [-0.05, 0) is 49.6 Å². The predicted octanol–water partition coefficient (Wildman–Crippen LogP) is 5.27. The van der Waals surface area contributed by atoms with E-state index in [2.05, 4.69) is 41.2 Å². The summed E-state index contributed by atoms with van der Waals surface area (Å²) in [5.74, 6) is 1.85. The number of benzene rings is 1. The molecule has 0 aliphatic carbocycles. The number of aromatic nitrogens is 3. The van der Waals surface area contributed by atoms with Crippen molar-refractivity contribution in [3.05, 3.63) is 89.9 Å². The predicted molar refractivity (Wildman–Crippen MR) is 133 cm³/mol. The van der Waals surface area contributed by atoms with Crippen LogP contribution in [0.15, 0.2) is 71.5 Å². The third kappa shape index (κ3) is 5.00. The molecule has 0 unspecified atom stereocenters. The molecule has 1 aliphatic rings. The number of hydrogen-bond acceptors (Lipinski definition) is 6. The molecule has 0 saturated carbocycles. The molecule has 4 heterocycles. The molecule has 35 heavy (non-hydrogen) atoms. The molecule has 1 fully saturated rings. The fourth-order valence-electron chi connectivity index (χ4n) is 4.61. The maximum Gasteiger partial charge on any atom is 0.289 e. The van der Waals surface area contributed by atoms with Gasteiger partial charge in [0.25, 0.3) is 5.91 Å². The number of methoxy groups -OCH3 is 1. The third-order valence-electron chi connectivity index (χ3n) is 6.41. The van der Waals surface area contributed by atoms with E-state index in [9.17, 15) is 4.79 Å². The summed E-state index contributed by atoms with van der Waals surface area (Å²) in [6, 6.07) is 15.8. The Kier molecular flexibility index (Phi) is 6.68. The molecule has 4 aromatic rings. The van der Waals surface area contributed by atoms with Crippen LogP contribution in [0, 0.1) is 6.92 Å². The molecule has 1 aromatic carbocycles. The normalized spacial score (nSPS) is 14.3. The first-order valence-corrected chi connectivity index (χ1v) is 11.8. The second-order valence-electron chi connectivity index (χ2n) is 8.86. The fourth-order valence-corrected chi connectivity index (χ4v) is 4.61. The Hall–Kier alpha value is -3.84. The molecule has 3 aromatic heterocycles. The number of carbonyl (C=O) groups excluding carboxylic acids is 1. The van der Waals surface area contributed by atoms with Crippen molar-refractivity contribution in [1.82, 2.24) is 19.9 Å². The van der Waals surface area contributed by atoms with Gasteiger partial charge in [-0.15, -0.1) is 0 Å². The molecule has 7 nitrogen and oxygen atoms in total. The Bertz CT molecular complexity index is 1310. The van der Waals surface area contributed by atoms with Crippen LogP contribution in [0.1, 0.15) is 46.3 Å². The number of ether oxygens (including phenoxy) is 1. The van der Waals surface area contributed by atoms with E-state index in [4.69, 9.17) is 14.1 Å². The van der Waals surface area contributed by atoms with Crippen LogP contribution < -0.4 is 0 Å². The maximum atomic E-state index is 13.0. The van der Waals surface area contributed by atoms with Crippen molar-refractivity contribution < 1.29 is 13.9 Å². The summed E-state index contributed by atoms with van der Waals surface area (Å²) in [5, 5.41) is 0. The fraction of sp³-hybridized carbons (Fsp3) is 0.286. The van der Waals surface area contributed by atoms with Crippen LogP contribution in [-0.2, 0) is 11.3 Å². The molecular weight excluding hydrogens is 440 g/mol. The number of rotatable bonds is 6. The highest BCUT2D eigenvalue weighted by atomic mass is 16.5. The second kappa shape index (κ2) is 10.2. The van der Waals surface area contributed by atoms with Crippen molar-refractivity contribution in [2.24, 2.45) is 0 Å². The summed E-state index contributed by atoms with van der Waals surface area (Å²) >= 11 is 0. The molecule has 178 valence electrons. The number of furan rings is 1. The van der Waals surface area contributed by atoms with Gasteiger partial charge in [0.15, 0.2) is 11.6 Å². The number of likely N-dealkylation sites (tertiary alicyclic amines) is 1. The SMILES string of the molecule is COCc1ccc(C(=O)N2CCC(c3nc(-c4ccncc4)ncc3-c3cccc(C)c3)CC2)o1. The van der Waals surface area contributed by atoms with Gasteiger partial charge in [0.2, 0.25) is 0 Å². The van der Waals surface area contributed by atoms with Crippen LogP contribution in [0.3, 0.4) is 0 Å². The molecule has 0 spiro atoms. The number of carbonyl (C=O) groups is 1. The van der Waals surface area contributed by atoms with E-state index in [0.717, 1.165) is 35.2 Å². The standard InChI is InChI=1S/C28H28N4O3/c1-19-4-3-5-22(16-19)24-17-30-27(21-8-12-29-13-9-21)31-26(24)20-10-14-32(15-11-20)28(33)25-7-6-23(35-25)18-34-2/h3-9,12-13,16-17,20H,10-11,14-15,18H2,1-2H3. The average Bonchev–Trinajstić information content (AvgIpc) is 3.37. The number of hydrogen-bond donors (Lipinski definition) is 0. The Morgan fingerprint density at radius 1 is 1.09 bits per heavy atom. The summed E-state index contributed by atoms with van der Waals surface area (Å²) in [4.78, 5) is 28.7. The first-order valence-electron chi connectivity index (χ1n) is 11.8. The zero-order valence-corrected chi connectivity index (χ0v) is 20.0. The first-order chi connectivity index (χ1) is 17.1. The minimum absolute atomic E-state index is 0.0788. The van der Waals surface area contributed by atoms with Gasteiger partial charge in [0.1, 0.15) is 12.4 Å². The molecule has 1 saturated heterocycles. The largest absolute Gasteiger partial charge is 0.453 e. The van der Waals surface area contributed by atoms with E-state index in [-0.39, 0.29) is 11.8 Å². The van der Waals surface area contributed by atoms with Gasteiger partial charge in [-0.1, -0.05) is 29.8 Å². The zero-order chi connectivity index (χ0) is 24.2. The molecule has 1 amide bonds. The van der Waals surface area contributed by atoms with Crippen molar-refractivity contribution in [2.45, 2.75) is 32.3 Å². The molecule has 1 aliphatic heterocycles. The number of pyridine rings is 1. The van der Waals surface area contributed by atoms with Crippen molar-refractivity contribution in [2.75, 3.05) is 20.2 Å². The van der Waals surface area contributed by atoms with Gasteiger partial charge in [-0.2, -0.15) is 0 Å². The van der Waals surface area contributed by atoms with E-state index < -0.39 is 0 Å². The van der Waals surface area contributed by atoms with Crippen LogP contribution in [0.2, 0.25) is 0 Å². The van der Waals surface area contributed by atoms with Crippen LogP contribution in [0.25, 0.3) is 22.5 Å². The lowest BCUT2D eigenvalue weighted by atomic mass is 9.88. The molecule has 0 bridgehead atoms. The lowest BCUT2D eigenvalue weighted by Crippen LogP contribution is -2.38. The van der Waals surface area contributed by atoms with Gasteiger partial charge in [-0.3, -0.25) is 9.78 Å². The quantitative estimate of drug-likeness (QED) is 0.383. The van der Waals surface area contributed by atoms with E-state index in [0.29, 0.717) is 37.0 Å². The van der Waals surface area contributed by atoms with E-state index >= 15 is 0 Å². The average molecular weight is 469 g/mol. The minimum Gasteiger partial charge on any atom is -0.453 e. The van der Waals surface area contributed by atoms with Crippen LogP contribution in [0.5, 0.6) is 0 Å². The highest BCUT2D eigenvalue weighted by Gasteiger charge is 2.29. The highest BCUT2D eigenvalue weighted by Crippen LogP contribution is 2.35. The second-order valence-corrected chi connectivity index (χ2v) is 8.86. The molecule has 0 radical (unpaired) electrons. The molecule has 0 atom stereocenters. The summed E-state index contributed by atoms with van der Waals surface area (Å²) in [5.41, 5.74) is 5.32. The van der Waals surface area contributed by atoms with Crippen LogP contribution in [-0.4, -0.2) is 46.0 Å². The Balaban J connectivity index is 1.40. The Labute approximate surface area is 204 Å². The third-order valence-corrected chi connectivity index (χ3v) is 6.41. The minimum atomic E-state index is -0.0788. The Morgan fingerprint density at radius 3 is 2.63 bits per heavy atom. The molecule has 7 heteroatoms. The van der Waals surface area contributed by atoms with Crippen molar-refractivity contribution >= 4 is 5.91 Å². The number of aryl methyl sites for hydroxylation is 1. The van der Waals surface area contributed by atoms with Crippen molar-refractivity contribution in [1.29, 1.82) is 0 Å². The summed E-state index contributed by atoms with van der Waals surface area (Å²) in [6.45, 7) is 3.73. The van der Waals surface area contributed by atoms with Gasteiger partial charge in [-0.25, -0.2) is 9.97 Å². The molecule has 5 rings (SSSR count). The molecular formula is C28H28N4O3. The van der Waals surface area contributed by atoms with E-state index in [1.165, 1.54) is 5.56 Å². The number of piperidine rings is 1. The van der Waals surface area contributed by atoms with Crippen LogP contribution in [0.4, 0.5) is 0 Å². The Morgan fingerprint density at radius 2 is 1.89 bits per heavy atom. The van der Waals surface area contributed by atoms with E-state index in [1.807, 2.05) is 23.2 Å². The van der Waals surface area contributed by atoms with Crippen LogP contribution >= 0.6 is 0 Å². The summed E-state index contributed by atoms with van der Waals surface area (Å²) in [7, 11) is 1.60. The maximum absolute atomic E-state index is 13.0. The number of nitrogens with zero attached hydrogens (tertiary/aromatic N) is 4. The van der Waals surface area contributed by atoms with E-state index in [1.54, 1.807) is 31.6 Å². The van der Waals surface area contributed by atoms with Crippen molar-refractivity contribution in [3.8, 4) is 22.5 Å². The van der Waals surface area contributed by atoms with Crippen molar-refractivity contribution in [3.63, 3.8) is 0 Å². The van der Waals surface area contributed by atoms with Gasteiger partial charge in [0.05, 0.1) is 5.69 Å². The lowest BCUT2D eigenvalue weighted by molar-refractivity contribution is 0.0672. The topological polar surface area (TPSA) is 81.4 Å². The summed E-state index contributed by atoms with van der Waals surface area (Å²) in [6.07, 6.45) is 7.09. The first kappa shape index (κ1) is 22.9. The monoisotopic (exact) mass is 468 g/mol. The van der Waals surface area contributed by atoms with Gasteiger partial charge in [0, 0.05) is 55.8 Å². The zero-order valence-electron chi connectivity index (χ0n) is 20.0. The number of amides is 1. The lowest BCUT2D eigenvalue weighted by Gasteiger charge is -2.32. The van der Waals surface area contributed by atoms with Gasteiger partial charge < -0.3 is 14.1 Å². The highest BCUT2D eigenvalue weighted by molar-refractivity contribution is 5.91. The summed E-state index contributed by atoms with van der Waals surface area (Å²) < 4.78 is 10.8.